The maximum atomic E-state index is 5.89. The van der Waals surface area contributed by atoms with Crippen LogP contribution in [0.1, 0.15) is 30.9 Å². The summed E-state index contributed by atoms with van der Waals surface area (Å²) in [6, 6.07) is 11.2. The number of benzene rings is 1. The number of morpholine rings is 1. The van der Waals surface area contributed by atoms with E-state index in [0.717, 1.165) is 19.6 Å². The molecule has 2 aliphatic heterocycles. The average molecular weight is 260 g/mol. The smallest absolute Gasteiger partial charge is 0.0707 e. The van der Waals surface area contributed by atoms with E-state index in [-0.39, 0.29) is 0 Å². The summed E-state index contributed by atoms with van der Waals surface area (Å²) in [6.45, 7) is 3.42. The zero-order chi connectivity index (χ0) is 13.1. The van der Waals surface area contributed by atoms with Gasteiger partial charge in [-0.2, -0.15) is 0 Å². The highest BCUT2D eigenvalue weighted by Gasteiger charge is 2.33. The lowest BCUT2D eigenvalue weighted by atomic mass is 10.0. The number of rotatable bonds is 5. The monoisotopic (exact) mass is 260 g/mol. The summed E-state index contributed by atoms with van der Waals surface area (Å²) >= 11 is 0. The fourth-order valence-corrected chi connectivity index (χ4v) is 3.36. The molecule has 104 valence electrons. The molecule has 0 amide bonds. The Labute approximate surface area is 115 Å². The second-order valence-electron chi connectivity index (χ2n) is 5.76. The molecule has 3 atom stereocenters. The van der Waals surface area contributed by atoms with Crippen molar-refractivity contribution in [3.63, 3.8) is 0 Å². The van der Waals surface area contributed by atoms with Crippen LogP contribution >= 0.6 is 0 Å². The lowest BCUT2D eigenvalue weighted by molar-refractivity contribution is -0.0390. The molecule has 2 fully saturated rings. The number of ether oxygens (including phenoxy) is 1. The molecule has 1 N–H and O–H groups in total. The van der Waals surface area contributed by atoms with Gasteiger partial charge in [-0.1, -0.05) is 30.3 Å². The Morgan fingerprint density at radius 3 is 2.53 bits per heavy atom. The first kappa shape index (κ1) is 13.1. The van der Waals surface area contributed by atoms with E-state index in [9.17, 15) is 0 Å². The van der Waals surface area contributed by atoms with Gasteiger partial charge in [-0.25, -0.2) is 0 Å². The van der Waals surface area contributed by atoms with Crippen LogP contribution in [0.25, 0.3) is 0 Å². The second kappa shape index (κ2) is 6.04. The summed E-state index contributed by atoms with van der Waals surface area (Å²) in [5.41, 5.74) is 1.39. The van der Waals surface area contributed by atoms with Gasteiger partial charge in [-0.15, -0.1) is 0 Å². The van der Waals surface area contributed by atoms with Crippen molar-refractivity contribution in [2.24, 2.45) is 0 Å². The van der Waals surface area contributed by atoms with Gasteiger partial charge < -0.3 is 10.1 Å². The molecule has 3 rings (SSSR count). The summed E-state index contributed by atoms with van der Waals surface area (Å²) < 4.78 is 5.89. The van der Waals surface area contributed by atoms with Crippen LogP contribution < -0.4 is 5.32 Å². The van der Waals surface area contributed by atoms with E-state index in [1.54, 1.807) is 0 Å². The van der Waals surface area contributed by atoms with Crippen molar-refractivity contribution < 1.29 is 4.74 Å². The van der Waals surface area contributed by atoms with Crippen molar-refractivity contribution in [3.05, 3.63) is 35.9 Å². The minimum absolute atomic E-state index is 0.460. The molecule has 2 heterocycles. The Morgan fingerprint density at radius 2 is 1.89 bits per heavy atom. The fraction of sp³-hybridized carbons (Fsp3) is 0.625. The Balaban J connectivity index is 1.53. The van der Waals surface area contributed by atoms with Crippen molar-refractivity contribution >= 4 is 0 Å². The van der Waals surface area contributed by atoms with Crippen LogP contribution in [-0.2, 0) is 4.74 Å². The van der Waals surface area contributed by atoms with Crippen molar-refractivity contribution in [2.75, 3.05) is 26.7 Å². The highest BCUT2D eigenvalue weighted by atomic mass is 16.5. The van der Waals surface area contributed by atoms with E-state index in [2.05, 4.69) is 47.6 Å². The van der Waals surface area contributed by atoms with Crippen LogP contribution in [0, 0.1) is 0 Å². The quantitative estimate of drug-likeness (QED) is 0.878. The summed E-state index contributed by atoms with van der Waals surface area (Å²) in [4.78, 5) is 2.58. The van der Waals surface area contributed by atoms with Gasteiger partial charge in [0.2, 0.25) is 0 Å². The molecule has 3 heteroatoms. The second-order valence-corrected chi connectivity index (χ2v) is 5.76. The van der Waals surface area contributed by atoms with E-state index in [4.69, 9.17) is 4.74 Å². The predicted molar refractivity (Wildman–Crippen MR) is 77.2 cm³/mol. The Morgan fingerprint density at radius 1 is 1.21 bits per heavy atom. The molecule has 2 saturated heterocycles. The van der Waals surface area contributed by atoms with Gasteiger partial charge in [0.05, 0.1) is 12.2 Å². The van der Waals surface area contributed by atoms with E-state index < -0.39 is 0 Å². The van der Waals surface area contributed by atoms with Gasteiger partial charge in [0.15, 0.2) is 0 Å². The molecular weight excluding hydrogens is 236 g/mol. The third kappa shape index (κ3) is 3.16. The first-order valence-corrected chi connectivity index (χ1v) is 7.45. The summed E-state index contributed by atoms with van der Waals surface area (Å²) in [7, 11) is 2.06. The minimum atomic E-state index is 0.460. The highest BCUT2D eigenvalue weighted by molar-refractivity contribution is 5.18. The lowest BCUT2D eigenvalue weighted by Gasteiger charge is -2.33. The molecular formula is C16H24N2O. The third-order valence-electron chi connectivity index (χ3n) is 4.40. The Hall–Kier alpha value is -0.900. The number of hydrogen-bond acceptors (Lipinski definition) is 3. The van der Waals surface area contributed by atoms with Crippen molar-refractivity contribution in [1.29, 1.82) is 0 Å². The minimum Gasteiger partial charge on any atom is -0.372 e. The van der Waals surface area contributed by atoms with Crippen LogP contribution in [0.5, 0.6) is 0 Å². The number of likely N-dealkylation sites (tertiary alicyclic amines) is 1. The van der Waals surface area contributed by atoms with Crippen LogP contribution in [0.15, 0.2) is 30.3 Å². The molecule has 0 radical (unpaired) electrons. The normalized spacial score (nSPS) is 28.5. The zero-order valence-corrected chi connectivity index (χ0v) is 11.7. The van der Waals surface area contributed by atoms with E-state index >= 15 is 0 Å². The number of nitrogens with one attached hydrogen (secondary N) is 1. The third-order valence-corrected chi connectivity index (χ3v) is 4.40. The lowest BCUT2D eigenvalue weighted by Crippen LogP contribution is -2.43. The van der Waals surface area contributed by atoms with E-state index in [1.165, 1.54) is 24.8 Å². The topological polar surface area (TPSA) is 24.5 Å². The van der Waals surface area contributed by atoms with Crippen molar-refractivity contribution in [1.82, 2.24) is 10.2 Å². The van der Waals surface area contributed by atoms with Crippen LogP contribution in [0.4, 0.5) is 0 Å². The molecule has 3 unspecified atom stereocenters. The number of fused-ring (bicyclic) bond motifs is 2. The van der Waals surface area contributed by atoms with E-state index in [0.29, 0.717) is 18.2 Å². The van der Waals surface area contributed by atoms with Crippen molar-refractivity contribution in [2.45, 2.75) is 37.5 Å². The fourth-order valence-electron chi connectivity index (χ4n) is 3.36. The standard InChI is InChI=1S/C16H24N2O/c1-17-16(13-5-3-2-4-6-13)9-10-18-11-14-7-8-15(12-18)19-14/h2-6,14-17H,7-12H2,1H3. The van der Waals surface area contributed by atoms with Gasteiger partial charge >= 0.3 is 0 Å². The molecule has 0 aromatic heterocycles. The molecule has 1 aromatic carbocycles. The predicted octanol–water partition coefficient (Wildman–Crippen LogP) is 2.20. The van der Waals surface area contributed by atoms with Gasteiger partial charge in [-0.05, 0) is 31.9 Å². The van der Waals surface area contributed by atoms with Crippen molar-refractivity contribution in [3.8, 4) is 0 Å². The number of hydrogen-bond donors (Lipinski definition) is 1. The molecule has 3 nitrogen and oxygen atoms in total. The molecule has 0 aliphatic carbocycles. The van der Waals surface area contributed by atoms with Crippen LogP contribution in [0.3, 0.4) is 0 Å². The molecule has 2 aliphatic rings. The van der Waals surface area contributed by atoms with Crippen LogP contribution in [-0.4, -0.2) is 43.8 Å². The summed E-state index contributed by atoms with van der Waals surface area (Å²) in [5.74, 6) is 0. The SMILES string of the molecule is CNC(CCN1CC2CCC(C1)O2)c1ccccc1. The largest absolute Gasteiger partial charge is 0.372 e. The van der Waals surface area contributed by atoms with E-state index in [1.807, 2.05) is 0 Å². The molecule has 19 heavy (non-hydrogen) atoms. The summed E-state index contributed by atoms with van der Waals surface area (Å²) in [6.07, 6.45) is 4.69. The summed E-state index contributed by atoms with van der Waals surface area (Å²) in [5, 5.41) is 3.44. The van der Waals surface area contributed by atoms with Gasteiger partial charge in [-0.3, -0.25) is 4.90 Å². The maximum Gasteiger partial charge on any atom is 0.0707 e. The first-order valence-electron chi connectivity index (χ1n) is 7.45. The number of nitrogens with zero attached hydrogens (tertiary/aromatic N) is 1. The molecule has 0 spiro atoms. The van der Waals surface area contributed by atoms with Gasteiger partial charge in [0, 0.05) is 25.7 Å². The molecule has 0 saturated carbocycles. The Kier molecular flexibility index (Phi) is 4.16. The molecule has 2 bridgehead atoms. The first-order chi connectivity index (χ1) is 9.35. The zero-order valence-electron chi connectivity index (χ0n) is 11.7. The Bertz CT molecular complexity index is 383. The average Bonchev–Trinajstić information content (AvgIpc) is 2.80. The molecule has 1 aromatic rings. The maximum absolute atomic E-state index is 5.89. The highest BCUT2D eigenvalue weighted by Crippen LogP contribution is 2.27. The van der Waals surface area contributed by atoms with Gasteiger partial charge in [0.1, 0.15) is 0 Å². The van der Waals surface area contributed by atoms with Crippen LogP contribution in [0.2, 0.25) is 0 Å². The van der Waals surface area contributed by atoms with Gasteiger partial charge in [0.25, 0.3) is 0 Å².